The number of ketones is 1. The summed E-state index contributed by atoms with van der Waals surface area (Å²) < 4.78 is 0. The van der Waals surface area contributed by atoms with Gasteiger partial charge in [-0.25, -0.2) is 0 Å². The first-order valence-corrected chi connectivity index (χ1v) is 6.15. The smallest absolute Gasteiger partial charge is 0.146 e. The van der Waals surface area contributed by atoms with Crippen molar-refractivity contribution in [3.63, 3.8) is 0 Å². The van der Waals surface area contributed by atoms with E-state index in [0.29, 0.717) is 11.8 Å². The Morgan fingerprint density at radius 1 is 1.54 bits per heavy atom. The van der Waals surface area contributed by atoms with Crippen LogP contribution in [0, 0.1) is 5.92 Å². The molecule has 0 N–H and O–H groups in total. The van der Waals surface area contributed by atoms with Crippen LogP contribution in [0.2, 0.25) is 0 Å². The maximum Gasteiger partial charge on any atom is 0.146 e. The van der Waals surface area contributed by atoms with Crippen LogP contribution < -0.4 is 0 Å². The van der Waals surface area contributed by atoms with Crippen LogP contribution in [0.4, 0.5) is 0 Å². The molecule has 3 heteroatoms. The highest BCUT2D eigenvalue weighted by atomic mass is 32.2. The third-order valence-electron chi connectivity index (χ3n) is 3.48. The molecule has 13 heavy (non-hydrogen) atoms. The molecule has 0 bridgehead atoms. The SMILES string of the molecule is CC(=O)C1CC2CCSCC2N1C. The molecule has 0 aromatic rings. The molecule has 2 fully saturated rings. The van der Waals surface area contributed by atoms with Crippen LogP contribution in [-0.4, -0.2) is 41.3 Å². The first-order valence-electron chi connectivity index (χ1n) is 5.00. The Bertz CT molecular complexity index is 219. The lowest BCUT2D eigenvalue weighted by Gasteiger charge is -2.29. The maximum atomic E-state index is 11.4. The second-order valence-electron chi connectivity index (χ2n) is 4.22. The van der Waals surface area contributed by atoms with Gasteiger partial charge >= 0.3 is 0 Å². The minimum absolute atomic E-state index is 0.216. The van der Waals surface area contributed by atoms with E-state index in [2.05, 4.69) is 11.9 Å². The third-order valence-corrected chi connectivity index (χ3v) is 4.58. The quantitative estimate of drug-likeness (QED) is 0.637. The molecule has 2 saturated heterocycles. The van der Waals surface area contributed by atoms with Gasteiger partial charge in [-0.05, 0) is 38.5 Å². The van der Waals surface area contributed by atoms with Gasteiger partial charge in [-0.3, -0.25) is 9.69 Å². The summed E-state index contributed by atoms with van der Waals surface area (Å²) in [6, 6.07) is 0.890. The fraction of sp³-hybridized carbons (Fsp3) is 0.900. The predicted octanol–water partition coefficient (Wildman–Crippen LogP) is 1.40. The number of hydrogen-bond acceptors (Lipinski definition) is 3. The number of Topliss-reactive ketones (excluding diaryl/α,β-unsaturated/α-hetero) is 1. The van der Waals surface area contributed by atoms with E-state index in [4.69, 9.17) is 0 Å². The second-order valence-corrected chi connectivity index (χ2v) is 5.37. The molecule has 3 atom stereocenters. The number of likely N-dealkylation sites (N-methyl/N-ethyl adjacent to an activating group) is 1. The van der Waals surface area contributed by atoms with E-state index in [1.165, 1.54) is 17.9 Å². The minimum Gasteiger partial charge on any atom is -0.298 e. The average Bonchev–Trinajstić information content (AvgIpc) is 2.45. The summed E-state index contributed by atoms with van der Waals surface area (Å²) in [6.45, 7) is 1.73. The zero-order valence-corrected chi connectivity index (χ0v) is 9.14. The molecular formula is C10H17NOS. The van der Waals surface area contributed by atoms with E-state index in [1.54, 1.807) is 6.92 Å². The van der Waals surface area contributed by atoms with Crippen molar-refractivity contribution in [3.8, 4) is 0 Å². The second kappa shape index (κ2) is 3.62. The first-order chi connectivity index (χ1) is 6.20. The first kappa shape index (κ1) is 9.53. The molecule has 0 aliphatic carbocycles. The zero-order valence-electron chi connectivity index (χ0n) is 8.32. The standard InChI is InChI=1S/C10H17NOS/c1-7(12)9-5-8-3-4-13-6-10(8)11(9)2/h8-10H,3-6H2,1-2H3. The summed E-state index contributed by atoms with van der Waals surface area (Å²) in [4.78, 5) is 13.7. The Labute approximate surface area is 84.1 Å². The predicted molar refractivity (Wildman–Crippen MR) is 56.1 cm³/mol. The molecule has 74 valence electrons. The van der Waals surface area contributed by atoms with Gasteiger partial charge in [-0.1, -0.05) is 0 Å². The number of thioether (sulfide) groups is 1. The lowest BCUT2D eigenvalue weighted by molar-refractivity contribution is -0.121. The lowest BCUT2D eigenvalue weighted by Crippen LogP contribution is -2.40. The Balaban J connectivity index is 2.09. The van der Waals surface area contributed by atoms with Crippen molar-refractivity contribution >= 4 is 17.5 Å². The van der Waals surface area contributed by atoms with Gasteiger partial charge in [0.15, 0.2) is 0 Å². The highest BCUT2D eigenvalue weighted by Gasteiger charge is 2.41. The van der Waals surface area contributed by atoms with Crippen LogP contribution >= 0.6 is 11.8 Å². The number of carbonyl (C=O) groups excluding carboxylic acids is 1. The Morgan fingerprint density at radius 2 is 2.31 bits per heavy atom. The van der Waals surface area contributed by atoms with Crippen LogP contribution in [0.25, 0.3) is 0 Å². The van der Waals surface area contributed by atoms with E-state index >= 15 is 0 Å². The molecule has 2 aliphatic rings. The van der Waals surface area contributed by atoms with Gasteiger partial charge in [0, 0.05) is 11.8 Å². The van der Waals surface area contributed by atoms with Crippen molar-refractivity contribution < 1.29 is 4.79 Å². The topological polar surface area (TPSA) is 20.3 Å². The van der Waals surface area contributed by atoms with Gasteiger partial charge in [0.2, 0.25) is 0 Å². The van der Waals surface area contributed by atoms with Crippen LogP contribution in [0.1, 0.15) is 19.8 Å². The molecular weight excluding hydrogens is 182 g/mol. The Hall–Kier alpha value is -0.0200. The number of hydrogen-bond donors (Lipinski definition) is 0. The van der Waals surface area contributed by atoms with Crippen LogP contribution in [0.3, 0.4) is 0 Å². The normalized spacial score (nSPS) is 40.3. The van der Waals surface area contributed by atoms with E-state index in [0.717, 1.165) is 12.3 Å². The van der Waals surface area contributed by atoms with Gasteiger partial charge in [-0.15, -0.1) is 0 Å². The number of nitrogens with zero attached hydrogens (tertiary/aromatic N) is 1. The van der Waals surface area contributed by atoms with E-state index < -0.39 is 0 Å². The molecule has 0 saturated carbocycles. The number of fused-ring (bicyclic) bond motifs is 1. The summed E-state index contributed by atoms with van der Waals surface area (Å²) in [7, 11) is 2.11. The van der Waals surface area contributed by atoms with E-state index in [-0.39, 0.29) is 6.04 Å². The van der Waals surface area contributed by atoms with Crippen molar-refractivity contribution in [1.29, 1.82) is 0 Å². The highest BCUT2D eigenvalue weighted by Crippen LogP contribution is 2.37. The van der Waals surface area contributed by atoms with Gasteiger partial charge in [0.25, 0.3) is 0 Å². The lowest BCUT2D eigenvalue weighted by atomic mass is 9.96. The number of rotatable bonds is 1. The summed E-state index contributed by atoms with van der Waals surface area (Å²) in [5, 5.41) is 0. The molecule has 0 aromatic carbocycles. The fourth-order valence-electron chi connectivity index (χ4n) is 2.63. The van der Waals surface area contributed by atoms with Crippen molar-refractivity contribution in [2.45, 2.75) is 31.8 Å². The summed E-state index contributed by atoms with van der Waals surface area (Å²) in [5.74, 6) is 3.66. The molecule has 3 unspecified atom stereocenters. The number of likely N-dealkylation sites (tertiary alicyclic amines) is 1. The molecule has 0 spiro atoms. The monoisotopic (exact) mass is 199 g/mol. The summed E-state index contributed by atoms with van der Waals surface area (Å²) in [5.41, 5.74) is 0. The summed E-state index contributed by atoms with van der Waals surface area (Å²) in [6.07, 6.45) is 2.42. The Kier molecular flexibility index (Phi) is 2.65. The molecule has 2 aliphatic heterocycles. The number of carbonyl (C=O) groups is 1. The van der Waals surface area contributed by atoms with Gasteiger partial charge in [0.1, 0.15) is 5.78 Å². The van der Waals surface area contributed by atoms with Gasteiger partial charge < -0.3 is 0 Å². The van der Waals surface area contributed by atoms with Crippen LogP contribution in [0.15, 0.2) is 0 Å². The van der Waals surface area contributed by atoms with Crippen LogP contribution in [-0.2, 0) is 4.79 Å². The van der Waals surface area contributed by atoms with E-state index in [1.807, 2.05) is 11.8 Å². The molecule has 0 radical (unpaired) electrons. The zero-order chi connectivity index (χ0) is 9.42. The van der Waals surface area contributed by atoms with Crippen molar-refractivity contribution in [1.82, 2.24) is 4.90 Å². The minimum atomic E-state index is 0.216. The van der Waals surface area contributed by atoms with Crippen molar-refractivity contribution in [2.24, 2.45) is 5.92 Å². The molecule has 2 heterocycles. The average molecular weight is 199 g/mol. The maximum absolute atomic E-state index is 11.4. The van der Waals surface area contributed by atoms with Gasteiger partial charge in [-0.2, -0.15) is 11.8 Å². The fourth-order valence-corrected chi connectivity index (χ4v) is 4.01. The van der Waals surface area contributed by atoms with Crippen molar-refractivity contribution in [2.75, 3.05) is 18.6 Å². The summed E-state index contributed by atoms with van der Waals surface area (Å²) >= 11 is 2.04. The largest absolute Gasteiger partial charge is 0.298 e. The van der Waals surface area contributed by atoms with E-state index in [9.17, 15) is 4.79 Å². The molecule has 0 amide bonds. The molecule has 0 aromatic heterocycles. The molecule has 2 nitrogen and oxygen atoms in total. The third kappa shape index (κ3) is 1.64. The van der Waals surface area contributed by atoms with Gasteiger partial charge in [0.05, 0.1) is 6.04 Å². The van der Waals surface area contributed by atoms with Crippen molar-refractivity contribution in [3.05, 3.63) is 0 Å². The highest BCUT2D eigenvalue weighted by molar-refractivity contribution is 7.99. The Morgan fingerprint density at radius 3 is 2.92 bits per heavy atom. The van der Waals surface area contributed by atoms with Crippen LogP contribution in [0.5, 0.6) is 0 Å². The molecule has 2 rings (SSSR count).